The summed E-state index contributed by atoms with van der Waals surface area (Å²) in [5.41, 5.74) is 0. The Balaban J connectivity index is 3.46. The molecule has 0 radical (unpaired) electrons. The fourth-order valence-electron chi connectivity index (χ4n) is 9.59. The molecule has 0 aliphatic rings. The third kappa shape index (κ3) is 56.9. The van der Waals surface area contributed by atoms with E-state index in [0.717, 1.165) is 51.4 Å². The Morgan fingerprint density at radius 1 is 0.362 bits per heavy atom. The summed E-state index contributed by atoms with van der Waals surface area (Å²) in [5.74, 6) is -0.0595. The van der Waals surface area contributed by atoms with Crippen LogP contribution in [0.1, 0.15) is 328 Å². The van der Waals surface area contributed by atoms with Gasteiger partial charge in [-0.15, -0.1) is 0 Å². The van der Waals surface area contributed by atoms with Crippen molar-refractivity contribution in [2.24, 2.45) is 0 Å². The molecule has 0 aliphatic carbocycles. The highest BCUT2D eigenvalue weighted by Gasteiger charge is 2.18. The molecule has 0 saturated heterocycles. The van der Waals surface area contributed by atoms with Crippen LogP contribution in [0.5, 0.6) is 0 Å². The van der Waals surface area contributed by atoms with Crippen LogP contribution in [0.2, 0.25) is 0 Å². The Hall–Kier alpha value is -1.91. The minimum absolute atomic E-state index is 0.0595. The molecular formula is C65H121NO3. The molecule has 0 aromatic rings. The summed E-state index contributed by atoms with van der Waals surface area (Å²) in [6.45, 7) is 4.23. The Labute approximate surface area is 432 Å². The highest BCUT2D eigenvalue weighted by atomic mass is 16.3. The van der Waals surface area contributed by atoms with Crippen molar-refractivity contribution in [2.75, 3.05) is 6.61 Å². The molecule has 0 spiro atoms. The van der Waals surface area contributed by atoms with E-state index in [1.54, 1.807) is 6.08 Å². The largest absolute Gasteiger partial charge is 0.394 e. The predicted octanol–water partition coefficient (Wildman–Crippen LogP) is 20.8. The van der Waals surface area contributed by atoms with Gasteiger partial charge in [-0.05, 0) is 57.8 Å². The van der Waals surface area contributed by atoms with Gasteiger partial charge >= 0.3 is 0 Å². The van der Waals surface area contributed by atoms with Gasteiger partial charge in [0.05, 0.1) is 18.8 Å². The molecule has 0 aliphatic heterocycles. The zero-order valence-electron chi connectivity index (χ0n) is 46.6. The van der Waals surface area contributed by atoms with Crippen molar-refractivity contribution in [3.8, 4) is 0 Å². The second kappa shape index (κ2) is 60.4. The number of hydrogen-bond donors (Lipinski definition) is 3. The molecule has 1 amide bonds. The predicted molar refractivity (Wildman–Crippen MR) is 308 cm³/mol. The molecule has 0 aromatic carbocycles. The van der Waals surface area contributed by atoms with E-state index < -0.39 is 12.1 Å². The van der Waals surface area contributed by atoms with Crippen LogP contribution in [0, 0.1) is 0 Å². The number of allylic oxidation sites excluding steroid dienone is 9. The summed E-state index contributed by atoms with van der Waals surface area (Å²) in [5, 5.41) is 23.2. The van der Waals surface area contributed by atoms with Crippen LogP contribution in [-0.4, -0.2) is 34.9 Å². The molecule has 3 N–H and O–H groups in total. The molecule has 0 aromatic heterocycles. The number of aliphatic hydroxyl groups is 2. The second-order valence-corrected chi connectivity index (χ2v) is 21.1. The van der Waals surface area contributed by atoms with Crippen LogP contribution >= 0.6 is 0 Å². The summed E-state index contributed by atoms with van der Waals surface area (Å²) >= 11 is 0. The Morgan fingerprint density at radius 2 is 0.638 bits per heavy atom. The van der Waals surface area contributed by atoms with E-state index in [1.807, 2.05) is 6.08 Å². The highest BCUT2D eigenvalue weighted by Crippen LogP contribution is 2.18. The van der Waals surface area contributed by atoms with Gasteiger partial charge in [0.15, 0.2) is 0 Å². The summed E-state index contributed by atoms with van der Waals surface area (Å²) < 4.78 is 0. The van der Waals surface area contributed by atoms with Crippen molar-refractivity contribution in [3.63, 3.8) is 0 Å². The number of amides is 1. The van der Waals surface area contributed by atoms with Crippen molar-refractivity contribution in [1.82, 2.24) is 5.32 Å². The Morgan fingerprint density at radius 3 is 0.957 bits per heavy atom. The maximum atomic E-state index is 12.5. The number of rotatable bonds is 57. The minimum atomic E-state index is -0.841. The topological polar surface area (TPSA) is 69.6 Å². The molecule has 0 rings (SSSR count). The van der Waals surface area contributed by atoms with Crippen LogP contribution in [-0.2, 0) is 4.79 Å². The first-order chi connectivity index (χ1) is 34.2. The smallest absolute Gasteiger partial charge is 0.220 e. The van der Waals surface area contributed by atoms with E-state index in [9.17, 15) is 15.0 Å². The number of nitrogens with one attached hydrogen (secondary N) is 1. The fraction of sp³-hybridized carbons (Fsp3) is 0.831. The summed E-state index contributed by atoms with van der Waals surface area (Å²) in [6, 6.07) is -0.624. The number of aliphatic hydroxyl groups excluding tert-OH is 2. The van der Waals surface area contributed by atoms with Crippen molar-refractivity contribution in [1.29, 1.82) is 0 Å². The first kappa shape index (κ1) is 67.1. The fourth-order valence-corrected chi connectivity index (χ4v) is 9.59. The maximum absolute atomic E-state index is 12.5. The Bertz CT molecular complexity index is 1140. The molecule has 0 fully saturated rings. The first-order valence-electron chi connectivity index (χ1n) is 31.0. The van der Waals surface area contributed by atoms with E-state index in [0.29, 0.717) is 6.42 Å². The SMILES string of the molecule is CC/C=C\C/C=C\C/C=C\C/C=C\CCCCCCCCCCCCCCCCCCCCC(=O)NC(CO)C(O)/C=C/CCCCCCCCCCCCCCCCCCCCCCCCCC. The van der Waals surface area contributed by atoms with Gasteiger partial charge in [-0.2, -0.15) is 0 Å². The molecular weight excluding hydrogens is 843 g/mol. The van der Waals surface area contributed by atoms with Crippen molar-refractivity contribution < 1.29 is 15.0 Å². The monoisotopic (exact) mass is 964 g/mol. The van der Waals surface area contributed by atoms with Crippen LogP contribution in [0.25, 0.3) is 0 Å². The molecule has 69 heavy (non-hydrogen) atoms. The maximum Gasteiger partial charge on any atom is 0.220 e. The van der Waals surface area contributed by atoms with Crippen LogP contribution < -0.4 is 5.32 Å². The van der Waals surface area contributed by atoms with E-state index in [-0.39, 0.29) is 12.5 Å². The third-order valence-corrected chi connectivity index (χ3v) is 14.3. The summed E-state index contributed by atoms with van der Waals surface area (Å²) in [6.07, 6.45) is 85.5. The van der Waals surface area contributed by atoms with Gasteiger partial charge < -0.3 is 15.5 Å². The van der Waals surface area contributed by atoms with Crippen LogP contribution in [0.4, 0.5) is 0 Å². The normalized spacial score (nSPS) is 13.2. The highest BCUT2D eigenvalue weighted by molar-refractivity contribution is 5.76. The average molecular weight is 965 g/mol. The second-order valence-electron chi connectivity index (χ2n) is 21.1. The number of carbonyl (C=O) groups excluding carboxylic acids is 1. The third-order valence-electron chi connectivity index (χ3n) is 14.3. The van der Waals surface area contributed by atoms with Gasteiger partial charge in [-0.3, -0.25) is 4.79 Å². The van der Waals surface area contributed by atoms with E-state index in [1.165, 1.54) is 257 Å². The molecule has 404 valence electrons. The van der Waals surface area contributed by atoms with Crippen molar-refractivity contribution in [3.05, 3.63) is 60.8 Å². The standard InChI is InChI=1S/C65H121NO3/c1-3-5-7-9-11-13-15-17-19-21-23-25-27-29-31-32-33-34-35-37-39-41-43-45-47-49-51-53-55-57-59-61-65(69)66-63(62-67)64(68)60-58-56-54-52-50-48-46-44-42-40-38-36-30-28-26-24-22-20-18-16-14-12-10-8-6-4-2/h5,7,11,13,17,19,23,25,58,60,63-64,67-68H,3-4,6,8-10,12,14-16,18,20-22,24,26-57,59,61-62H2,1-2H3,(H,66,69)/b7-5-,13-11-,19-17-,25-23-,60-58+. The molecule has 2 unspecified atom stereocenters. The molecule has 0 saturated carbocycles. The molecule has 4 nitrogen and oxygen atoms in total. The lowest BCUT2D eigenvalue weighted by atomic mass is 10.0. The van der Waals surface area contributed by atoms with Gasteiger partial charge in [-0.1, -0.05) is 325 Å². The molecule has 0 heterocycles. The van der Waals surface area contributed by atoms with Crippen LogP contribution in [0.3, 0.4) is 0 Å². The lowest BCUT2D eigenvalue weighted by molar-refractivity contribution is -0.123. The van der Waals surface area contributed by atoms with Crippen molar-refractivity contribution >= 4 is 5.91 Å². The summed E-state index contributed by atoms with van der Waals surface area (Å²) in [7, 11) is 0. The average Bonchev–Trinajstić information content (AvgIpc) is 3.35. The minimum Gasteiger partial charge on any atom is -0.394 e. The molecule has 0 bridgehead atoms. The van der Waals surface area contributed by atoms with Gasteiger partial charge in [-0.25, -0.2) is 0 Å². The van der Waals surface area contributed by atoms with E-state index in [2.05, 4.69) is 67.8 Å². The molecule has 4 heteroatoms. The van der Waals surface area contributed by atoms with Crippen LogP contribution in [0.15, 0.2) is 60.8 Å². The van der Waals surface area contributed by atoms with Gasteiger partial charge in [0.2, 0.25) is 5.91 Å². The van der Waals surface area contributed by atoms with Gasteiger partial charge in [0, 0.05) is 6.42 Å². The van der Waals surface area contributed by atoms with E-state index >= 15 is 0 Å². The lowest BCUT2D eigenvalue weighted by Crippen LogP contribution is -2.45. The zero-order chi connectivity index (χ0) is 49.9. The number of unbranched alkanes of at least 4 members (excludes halogenated alkanes) is 42. The first-order valence-corrected chi connectivity index (χ1v) is 31.0. The van der Waals surface area contributed by atoms with Crippen molar-refractivity contribution in [2.45, 2.75) is 341 Å². The number of hydrogen-bond acceptors (Lipinski definition) is 3. The van der Waals surface area contributed by atoms with Gasteiger partial charge in [0.1, 0.15) is 0 Å². The van der Waals surface area contributed by atoms with E-state index in [4.69, 9.17) is 0 Å². The summed E-state index contributed by atoms with van der Waals surface area (Å²) in [4.78, 5) is 12.5. The quantitative estimate of drug-likeness (QED) is 0.0420. The van der Waals surface area contributed by atoms with Gasteiger partial charge in [0.25, 0.3) is 0 Å². The molecule has 2 atom stereocenters. The Kier molecular flexibility index (Phi) is 58.7. The zero-order valence-corrected chi connectivity index (χ0v) is 46.6. The number of carbonyl (C=O) groups is 1. The lowest BCUT2D eigenvalue weighted by Gasteiger charge is -2.20.